The first-order valence-electron chi connectivity index (χ1n) is 8.41. The standard InChI is InChI=1S/C6H14N2O2.C5H10N2O3.C4H7NO4/c7-4-2-1-3-5(8)6(9)10;6-3(5(9)10)1-2-4(7)8;5-2(4(8)9)1-3(6)7/h5H,1-4,7-8H2,(H,9,10);3H,1-2,6H2,(H2,7,8)(H,9,10);2H,1,5H2,(H,6,7)(H,8,9)/t5-;3-;2-/m000/s1. The third-order valence-electron chi connectivity index (χ3n) is 3.02. The molecule has 0 unspecified atom stereocenters. The largest absolute Gasteiger partial charge is 0.481 e. The average molecular weight is 425 g/mol. The van der Waals surface area contributed by atoms with Gasteiger partial charge in [-0.05, 0) is 25.8 Å². The zero-order valence-corrected chi connectivity index (χ0v) is 15.9. The second-order valence-corrected chi connectivity index (χ2v) is 5.72. The van der Waals surface area contributed by atoms with Gasteiger partial charge in [0.2, 0.25) is 5.91 Å². The molecule has 0 saturated heterocycles. The molecule has 0 aromatic carbocycles. The van der Waals surface area contributed by atoms with Crippen LogP contribution in [0.15, 0.2) is 0 Å². The Morgan fingerprint density at radius 3 is 1.38 bits per heavy atom. The van der Waals surface area contributed by atoms with Gasteiger partial charge in [-0.15, -0.1) is 0 Å². The van der Waals surface area contributed by atoms with E-state index in [1.165, 1.54) is 0 Å². The number of carbonyl (C=O) groups is 5. The molecule has 0 spiro atoms. The quantitative estimate of drug-likeness (QED) is 0.141. The van der Waals surface area contributed by atoms with Crippen LogP contribution in [0.4, 0.5) is 0 Å². The highest BCUT2D eigenvalue weighted by atomic mass is 16.4. The number of primary amides is 1. The maximum absolute atomic E-state index is 10.1. The summed E-state index contributed by atoms with van der Waals surface area (Å²) in [5, 5.41) is 32.6. The van der Waals surface area contributed by atoms with E-state index < -0.39 is 54.3 Å². The van der Waals surface area contributed by atoms with E-state index in [0.717, 1.165) is 12.8 Å². The summed E-state index contributed by atoms with van der Waals surface area (Å²) >= 11 is 0. The molecule has 0 radical (unpaired) electrons. The Hall–Kier alpha value is -2.81. The average Bonchev–Trinajstić information content (AvgIpc) is 2.59. The van der Waals surface area contributed by atoms with Crippen LogP contribution in [0.25, 0.3) is 0 Å². The van der Waals surface area contributed by atoms with Gasteiger partial charge in [0.05, 0.1) is 6.42 Å². The highest BCUT2D eigenvalue weighted by Gasteiger charge is 2.14. The maximum atomic E-state index is 10.1. The molecule has 29 heavy (non-hydrogen) atoms. The molecule has 0 aliphatic carbocycles. The molecule has 0 saturated carbocycles. The third-order valence-corrected chi connectivity index (χ3v) is 3.02. The van der Waals surface area contributed by atoms with E-state index in [4.69, 9.17) is 49.1 Å². The molecule has 14 N–H and O–H groups in total. The first-order valence-corrected chi connectivity index (χ1v) is 8.41. The van der Waals surface area contributed by atoms with Crippen molar-refractivity contribution in [3.63, 3.8) is 0 Å². The number of carboxylic acids is 4. The summed E-state index contributed by atoms with van der Waals surface area (Å²) in [6.07, 6.45) is 1.75. The molecule has 0 rings (SSSR count). The Morgan fingerprint density at radius 2 is 1.10 bits per heavy atom. The zero-order valence-electron chi connectivity index (χ0n) is 15.9. The number of carbonyl (C=O) groups excluding carboxylic acids is 1. The van der Waals surface area contributed by atoms with Crippen molar-refractivity contribution in [2.24, 2.45) is 28.7 Å². The van der Waals surface area contributed by atoms with Crippen LogP contribution < -0.4 is 28.7 Å². The first-order chi connectivity index (χ1) is 13.3. The Labute approximate surface area is 167 Å². The molecule has 0 aromatic heterocycles. The Bertz CT molecular complexity index is 530. The van der Waals surface area contributed by atoms with Crippen LogP contribution in [-0.2, 0) is 24.0 Å². The van der Waals surface area contributed by atoms with E-state index in [9.17, 15) is 24.0 Å². The topological polar surface area (TPSA) is 296 Å². The molecule has 0 aromatic rings. The number of aliphatic carboxylic acids is 4. The minimum absolute atomic E-state index is 0.0213. The number of hydrogen-bond donors (Lipinski definition) is 9. The molecule has 1 amide bonds. The van der Waals surface area contributed by atoms with Crippen molar-refractivity contribution in [2.75, 3.05) is 6.54 Å². The van der Waals surface area contributed by atoms with Gasteiger partial charge in [0.1, 0.15) is 18.1 Å². The summed E-state index contributed by atoms with van der Waals surface area (Å²) in [7, 11) is 0. The van der Waals surface area contributed by atoms with Crippen LogP contribution in [0.1, 0.15) is 38.5 Å². The fraction of sp³-hybridized carbons (Fsp3) is 0.667. The van der Waals surface area contributed by atoms with Crippen molar-refractivity contribution in [2.45, 2.75) is 56.7 Å². The molecular formula is C15H31N5O9. The maximum Gasteiger partial charge on any atom is 0.321 e. The van der Waals surface area contributed by atoms with Crippen molar-refractivity contribution >= 4 is 29.8 Å². The van der Waals surface area contributed by atoms with Gasteiger partial charge in [-0.2, -0.15) is 0 Å². The number of hydrogen-bond acceptors (Lipinski definition) is 9. The van der Waals surface area contributed by atoms with E-state index in [-0.39, 0.29) is 12.8 Å². The third kappa shape index (κ3) is 25.2. The second kappa shape index (κ2) is 18.5. The van der Waals surface area contributed by atoms with E-state index in [1.807, 2.05) is 0 Å². The van der Waals surface area contributed by atoms with Crippen LogP contribution in [-0.4, -0.2) is 74.9 Å². The molecule has 0 bridgehead atoms. The van der Waals surface area contributed by atoms with Gasteiger partial charge in [-0.3, -0.25) is 24.0 Å². The number of amides is 1. The molecule has 0 aliphatic rings. The van der Waals surface area contributed by atoms with Gasteiger partial charge in [0.25, 0.3) is 0 Å². The van der Waals surface area contributed by atoms with Crippen molar-refractivity contribution in [1.29, 1.82) is 0 Å². The molecule has 3 atom stereocenters. The normalized spacial score (nSPS) is 12.7. The van der Waals surface area contributed by atoms with E-state index in [2.05, 4.69) is 0 Å². The van der Waals surface area contributed by atoms with Crippen molar-refractivity contribution in [1.82, 2.24) is 0 Å². The SMILES string of the molecule is NC(=O)CC[C@H](N)C(=O)O.NCCCC[C@H](N)C(=O)O.N[C@@H](CC(=O)O)C(=O)O. The molecule has 0 fully saturated rings. The zero-order chi connectivity index (χ0) is 23.6. The number of nitrogens with two attached hydrogens (primary N) is 5. The van der Waals surface area contributed by atoms with Gasteiger partial charge in [0, 0.05) is 6.42 Å². The van der Waals surface area contributed by atoms with Gasteiger partial charge < -0.3 is 49.1 Å². The van der Waals surface area contributed by atoms with Crippen molar-refractivity contribution in [3.8, 4) is 0 Å². The second-order valence-electron chi connectivity index (χ2n) is 5.72. The summed E-state index contributed by atoms with van der Waals surface area (Å²) < 4.78 is 0. The Morgan fingerprint density at radius 1 is 0.690 bits per heavy atom. The van der Waals surface area contributed by atoms with E-state index in [0.29, 0.717) is 13.0 Å². The van der Waals surface area contributed by atoms with Gasteiger partial charge in [-0.1, -0.05) is 6.42 Å². The number of carboxylic acid groups (broad SMARTS) is 4. The van der Waals surface area contributed by atoms with Crippen molar-refractivity contribution < 1.29 is 44.4 Å². The number of rotatable bonds is 12. The summed E-state index contributed by atoms with van der Waals surface area (Å²) in [5.74, 6) is -5.07. The van der Waals surface area contributed by atoms with Crippen LogP contribution in [0.5, 0.6) is 0 Å². The molecule has 0 aliphatic heterocycles. The lowest BCUT2D eigenvalue weighted by Crippen LogP contribution is -2.32. The summed E-state index contributed by atoms with van der Waals surface area (Å²) in [6, 6.07) is -2.98. The predicted octanol–water partition coefficient (Wildman–Crippen LogP) is -2.94. The monoisotopic (exact) mass is 425 g/mol. The molecule has 14 heteroatoms. The fourth-order valence-electron chi connectivity index (χ4n) is 1.33. The highest BCUT2D eigenvalue weighted by Crippen LogP contribution is 1.97. The molecule has 170 valence electrons. The number of unbranched alkanes of at least 4 members (excludes halogenated alkanes) is 1. The minimum atomic E-state index is -1.29. The van der Waals surface area contributed by atoms with Gasteiger partial charge in [0.15, 0.2) is 0 Å². The highest BCUT2D eigenvalue weighted by molar-refractivity contribution is 5.80. The van der Waals surface area contributed by atoms with Gasteiger partial charge >= 0.3 is 23.9 Å². The molecular weight excluding hydrogens is 394 g/mol. The fourth-order valence-corrected chi connectivity index (χ4v) is 1.33. The summed E-state index contributed by atoms with van der Waals surface area (Å²) in [4.78, 5) is 49.9. The van der Waals surface area contributed by atoms with Crippen LogP contribution in [0.3, 0.4) is 0 Å². The molecule has 14 nitrogen and oxygen atoms in total. The first kappa shape index (κ1) is 30.9. The summed E-state index contributed by atoms with van der Waals surface area (Å²) in [6.45, 7) is 0.604. The predicted molar refractivity (Wildman–Crippen MR) is 100 cm³/mol. The smallest absolute Gasteiger partial charge is 0.321 e. The van der Waals surface area contributed by atoms with Crippen LogP contribution in [0.2, 0.25) is 0 Å². The van der Waals surface area contributed by atoms with Crippen molar-refractivity contribution in [3.05, 3.63) is 0 Å². The summed E-state index contributed by atoms with van der Waals surface area (Å²) in [5.41, 5.74) is 25.1. The lowest BCUT2D eigenvalue weighted by atomic mass is 10.1. The van der Waals surface area contributed by atoms with E-state index in [1.54, 1.807) is 0 Å². The lowest BCUT2D eigenvalue weighted by Gasteiger charge is -2.03. The minimum Gasteiger partial charge on any atom is -0.481 e. The van der Waals surface area contributed by atoms with Crippen LogP contribution >= 0.6 is 0 Å². The lowest BCUT2D eigenvalue weighted by molar-refractivity contribution is -0.144. The molecule has 0 heterocycles. The Balaban J connectivity index is -0.000000350. The van der Waals surface area contributed by atoms with Gasteiger partial charge in [-0.25, -0.2) is 0 Å². The van der Waals surface area contributed by atoms with E-state index >= 15 is 0 Å². The Kier molecular flexibility index (Phi) is 19.8. The van der Waals surface area contributed by atoms with Crippen LogP contribution in [0, 0.1) is 0 Å².